The van der Waals surface area contributed by atoms with Crippen molar-refractivity contribution in [2.45, 2.75) is 32.7 Å². The van der Waals surface area contributed by atoms with Gasteiger partial charge in [0.05, 0.1) is 5.69 Å². The predicted octanol–water partition coefficient (Wildman–Crippen LogP) is 3.53. The third kappa shape index (κ3) is 2.65. The zero-order chi connectivity index (χ0) is 15.0. The maximum atomic E-state index is 11.4. The first-order valence-corrected chi connectivity index (χ1v) is 7.93. The predicted molar refractivity (Wildman–Crippen MR) is 84.4 cm³/mol. The summed E-state index contributed by atoms with van der Waals surface area (Å²) in [5.41, 5.74) is 3.39. The second kappa shape index (κ2) is 5.48. The fraction of sp³-hybridized carbons (Fsp3) is 0.375. The van der Waals surface area contributed by atoms with Gasteiger partial charge in [-0.15, -0.1) is 0 Å². The summed E-state index contributed by atoms with van der Waals surface area (Å²) in [6.07, 6.45) is 0.981. The lowest BCUT2D eigenvalue weighted by molar-refractivity contribution is 0.0700. The molecule has 0 saturated heterocycles. The third-order valence-corrected chi connectivity index (χ3v) is 4.90. The Morgan fingerprint density at radius 3 is 2.67 bits per heavy atom. The molecule has 1 aliphatic heterocycles. The van der Waals surface area contributed by atoms with Gasteiger partial charge in [-0.3, -0.25) is 0 Å². The number of hydrogen-bond acceptors (Lipinski definition) is 4. The van der Waals surface area contributed by atoms with Gasteiger partial charge in [-0.1, -0.05) is 49.4 Å². The molecule has 1 N–H and O–H groups in total. The number of carbonyl (C=O) groups is 1. The smallest absolute Gasteiger partial charge is 0.347 e. The summed E-state index contributed by atoms with van der Waals surface area (Å²) < 4.78 is 0. The molecule has 3 rings (SSSR count). The normalized spacial score (nSPS) is 14.3. The molecule has 2 aromatic rings. The van der Waals surface area contributed by atoms with Crippen molar-refractivity contribution in [3.8, 4) is 0 Å². The number of nitrogens with zero attached hydrogens (tertiary/aromatic N) is 2. The van der Waals surface area contributed by atoms with Crippen LogP contribution in [0.25, 0.3) is 0 Å². The van der Waals surface area contributed by atoms with Gasteiger partial charge in [0.2, 0.25) is 0 Å². The lowest BCUT2D eigenvalue weighted by Crippen LogP contribution is -2.30. The minimum Gasteiger partial charge on any atom is -0.477 e. The van der Waals surface area contributed by atoms with Crippen LogP contribution in [0.5, 0.6) is 0 Å². The summed E-state index contributed by atoms with van der Waals surface area (Å²) >= 11 is 1.29. The second-order valence-electron chi connectivity index (χ2n) is 5.61. The van der Waals surface area contributed by atoms with Gasteiger partial charge in [0.1, 0.15) is 4.88 Å². The molecule has 2 heterocycles. The first kappa shape index (κ1) is 14.1. The number of carboxylic acids is 1. The van der Waals surface area contributed by atoms with Crippen molar-refractivity contribution in [2.24, 2.45) is 0 Å². The van der Waals surface area contributed by atoms with Gasteiger partial charge in [0, 0.05) is 13.1 Å². The summed E-state index contributed by atoms with van der Waals surface area (Å²) in [4.78, 5) is 18.5. The number of aromatic nitrogens is 1. The molecule has 1 aromatic heterocycles. The molecule has 0 radical (unpaired) electrons. The van der Waals surface area contributed by atoms with Crippen molar-refractivity contribution in [2.75, 3.05) is 11.4 Å². The Bertz CT molecular complexity index is 679. The number of carboxylic acid groups (broad SMARTS) is 1. The van der Waals surface area contributed by atoms with Crippen molar-refractivity contribution in [3.63, 3.8) is 0 Å². The van der Waals surface area contributed by atoms with Crippen LogP contribution in [-0.2, 0) is 13.0 Å². The molecule has 0 fully saturated rings. The molecule has 0 unspecified atom stereocenters. The molecule has 1 aliphatic rings. The zero-order valence-electron chi connectivity index (χ0n) is 12.2. The van der Waals surface area contributed by atoms with E-state index in [9.17, 15) is 9.90 Å². The van der Waals surface area contributed by atoms with E-state index in [0.29, 0.717) is 10.6 Å². The van der Waals surface area contributed by atoms with Crippen molar-refractivity contribution in [3.05, 3.63) is 46.0 Å². The van der Waals surface area contributed by atoms with Gasteiger partial charge in [-0.25, -0.2) is 9.78 Å². The third-order valence-electron chi connectivity index (χ3n) is 3.78. The van der Waals surface area contributed by atoms with E-state index < -0.39 is 5.97 Å². The van der Waals surface area contributed by atoms with E-state index in [0.717, 1.165) is 24.6 Å². The van der Waals surface area contributed by atoms with E-state index in [1.165, 1.54) is 22.5 Å². The Morgan fingerprint density at radius 1 is 1.33 bits per heavy atom. The lowest BCUT2D eigenvalue weighted by atomic mass is 10.0. The molecule has 110 valence electrons. The maximum Gasteiger partial charge on any atom is 0.347 e. The number of aromatic carboxylic acids is 1. The zero-order valence-corrected chi connectivity index (χ0v) is 13.0. The largest absolute Gasteiger partial charge is 0.477 e. The Balaban J connectivity index is 1.92. The van der Waals surface area contributed by atoms with Crippen LogP contribution in [0.3, 0.4) is 0 Å². The van der Waals surface area contributed by atoms with Crippen LogP contribution >= 0.6 is 11.3 Å². The van der Waals surface area contributed by atoms with Gasteiger partial charge in [0.15, 0.2) is 5.13 Å². The van der Waals surface area contributed by atoms with Crippen molar-refractivity contribution < 1.29 is 9.90 Å². The van der Waals surface area contributed by atoms with E-state index in [4.69, 9.17) is 0 Å². The fourth-order valence-electron chi connectivity index (χ4n) is 2.66. The Morgan fingerprint density at radius 2 is 2.05 bits per heavy atom. The quantitative estimate of drug-likeness (QED) is 0.942. The number of anilines is 1. The van der Waals surface area contributed by atoms with Crippen LogP contribution in [0.2, 0.25) is 0 Å². The van der Waals surface area contributed by atoms with Gasteiger partial charge >= 0.3 is 5.97 Å². The summed E-state index contributed by atoms with van der Waals surface area (Å²) in [5.74, 6) is -0.752. The highest BCUT2D eigenvalue weighted by Crippen LogP contribution is 2.33. The van der Waals surface area contributed by atoms with E-state index in [-0.39, 0.29) is 5.92 Å². The summed E-state index contributed by atoms with van der Waals surface area (Å²) in [5, 5.41) is 10.2. The van der Waals surface area contributed by atoms with E-state index in [2.05, 4.69) is 28.1 Å². The minimum atomic E-state index is -0.875. The molecule has 0 saturated carbocycles. The van der Waals surface area contributed by atoms with Crippen LogP contribution in [-0.4, -0.2) is 22.6 Å². The number of hydrogen-bond donors (Lipinski definition) is 1. The van der Waals surface area contributed by atoms with Crippen molar-refractivity contribution in [1.29, 1.82) is 0 Å². The monoisotopic (exact) mass is 302 g/mol. The van der Waals surface area contributed by atoms with Crippen LogP contribution in [0.15, 0.2) is 24.3 Å². The fourth-order valence-corrected chi connectivity index (χ4v) is 3.74. The molecule has 0 spiro atoms. The number of fused-ring (bicyclic) bond motifs is 1. The number of thiazole rings is 1. The summed E-state index contributed by atoms with van der Waals surface area (Å²) in [6, 6.07) is 8.41. The SMILES string of the molecule is CC(C)c1nc(N2CCc3ccccc3C2)sc1C(=O)O. The van der Waals surface area contributed by atoms with E-state index in [1.807, 2.05) is 19.9 Å². The molecule has 5 heteroatoms. The van der Waals surface area contributed by atoms with Gasteiger partial charge < -0.3 is 10.0 Å². The molecule has 0 aliphatic carbocycles. The average Bonchev–Trinajstić information content (AvgIpc) is 2.92. The Kier molecular flexibility index (Phi) is 3.68. The van der Waals surface area contributed by atoms with Crippen LogP contribution in [0.4, 0.5) is 5.13 Å². The molecule has 21 heavy (non-hydrogen) atoms. The molecule has 0 atom stereocenters. The second-order valence-corrected chi connectivity index (χ2v) is 6.59. The molecule has 0 amide bonds. The van der Waals surface area contributed by atoms with Crippen LogP contribution < -0.4 is 4.90 Å². The highest BCUT2D eigenvalue weighted by atomic mass is 32.1. The number of rotatable bonds is 3. The van der Waals surface area contributed by atoms with Gasteiger partial charge in [-0.2, -0.15) is 0 Å². The molecular formula is C16H18N2O2S. The van der Waals surface area contributed by atoms with Crippen LogP contribution in [0, 0.1) is 0 Å². The molecule has 1 aromatic carbocycles. The topological polar surface area (TPSA) is 53.4 Å². The van der Waals surface area contributed by atoms with Crippen LogP contribution in [0.1, 0.15) is 46.3 Å². The maximum absolute atomic E-state index is 11.4. The first-order chi connectivity index (χ1) is 10.1. The molecule has 0 bridgehead atoms. The van der Waals surface area contributed by atoms with Crippen molar-refractivity contribution >= 4 is 22.4 Å². The Labute approximate surface area is 128 Å². The summed E-state index contributed by atoms with van der Waals surface area (Å²) in [6.45, 7) is 5.66. The highest BCUT2D eigenvalue weighted by Gasteiger charge is 2.24. The lowest BCUT2D eigenvalue weighted by Gasteiger charge is -2.28. The van der Waals surface area contributed by atoms with Gasteiger partial charge in [-0.05, 0) is 23.5 Å². The standard InChI is InChI=1S/C16H18N2O2S/c1-10(2)13-14(15(19)20)21-16(17-13)18-8-7-11-5-3-4-6-12(11)9-18/h3-6,10H,7-9H2,1-2H3,(H,19,20). The van der Waals surface area contributed by atoms with E-state index >= 15 is 0 Å². The van der Waals surface area contributed by atoms with E-state index in [1.54, 1.807) is 0 Å². The first-order valence-electron chi connectivity index (χ1n) is 7.12. The summed E-state index contributed by atoms with van der Waals surface area (Å²) in [7, 11) is 0. The van der Waals surface area contributed by atoms with Gasteiger partial charge in [0.25, 0.3) is 0 Å². The highest BCUT2D eigenvalue weighted by molar-refractivity contribution is 7.17. The Hall–Kier alpha value is -1.88. The number of benzene rings is 1. The average molecular weight is 302 g/mol. The minimum absolute atomic E-state index is 0.123. The molecule has 4 nitrogen and oxygen atoms in total. The molecular weight excluding hydrogens is 284 g/mol. The van der Waals surface area contributed by atoms with Crippen molar-refractivity contribution in [1.82, 2.24) is 4.98 Å².